The van der Waals surface area contributed by atoms with Gasteiger partial charge in [-0.3, -0.25) is 4.99 Å². The SMILES string of the molecule is CCCC=NCC[C@H](C)CC. The Kier molecular flexibility index (Phi) is 7.54. The summed E-state index contributed by atoms with van der Waals surface area (Å²) in [5.41, 5.74) is 0. The van der Waals surface area contributed by atoms with Crippen molar-refractivity contribution in [3.8, 4) is 0 Å². The first kappa shape index (κ1) is 10.7. The molecule has 0 amide bonds. The molecule has 0 heterocycles. The fourth-order valence-electron chi connectivity index (χ4n) is 0.811. The summed E-state index contributed by atoms with van der Waals surface area (Å²) in [4.78, 5) is 4.32. The normalized spacial score (nSPS) is 14.1. The van der Waals surface area contributed by atoms with E-state index in [9.17, 15) is 0 Å². The summed E-state index contributed by atoms with van der Waals surface area (Å²) in [5.74, 6) is 0.841. The minimum atomic E-state index is 0.841. The van der Waals surface area contributed by atoms with Crippen LogP contribution in [0.5, 0.6) is 0 Å². The summed E-state index contributed by atoms with van der Waals surface area (Å²) >= 11 is 0. The lowest BCUT2D eigenvalue weighted by molar-refractivity contribution is 0.525. The monoisotopic (exact) mass is 155 g/mol. The highest BCUT2D eigenvalue weighted by molar-refractivity contribution is 5.56. The Balaban J connectivity index is 3.12. The van der Waals surface area contributed by atoms with Crippen molar-refractivity contribution in [2.45, 2.75) is 46.5 Å². The van der Waals surface area contributed by atoms with Crippen LogP contribution in [0.15, 0.2) is 4.99 Å². The third-order valence-electron chi connectivity index (χ3n) is 1.99. The van der Waals surface area contributed by atoms with Crippen LogP contribution in [0, 0.1) is 5.92 Å². The Bertz CT molecular complexity index is 97.0. The highest BCUT2D eigenvalue weighted by Gasteiger charge is 1.94. The average molecular weight is 155 g/mol. The maximum Gasteiger partial charge on any atom is 0.0387 e. The van der Waals surface area contributed by atoms with E-state index in [2.05, 4.69) is 32.0 Å². The predicted molar refractivity (Wildman–Crippen MR) is 52.3 cm³/mol. The molecule has 0 spiro atoms. The molecule has 1 heteroatoms. The van der Waals surface area contributed by atoms with E-state index >= 15 is 0 Å². The fourth-order valence-corrected chi connectivity index (χ4v) is 0.811. The van der Waals surface area contributed by atoms with Gasteiger partial charge in [0.2, 0.25) is 0 Å². The van der Waals surface area contributed by atoms with Gasteiger partial charge in [-0.2, -0.15) is 0 Å². The van der Waals surface area contributed by atoms with E-state index in [0.29, 0.717) is 0 Å². The van der Waals surface area contributed by atoms with Crippen molar-refractivity contribution in [1.29, 1.82) is 0 Å². The Morgan fingerprint density at radius 1 is 1.36 bits per heavy atom. The van der Waals surface area contributed by atoms with Crippen LogP contribution in [0.25, 0.3) is 0 Å². The van der Waals surface area contributed by atoms with E-state index in [0.717, 1.165) is 18.9 Å². The summed E-state index contributed by atoms with van der Waals surface area (Å²) in [5, 5.41) is 0. The van der Waals surface area contributed by atoms with Gasteiger partial charge in [0.15, 0.2) is 0 Å². The Hall–Kier alpha value is -0.330. The third-order valence-corrected chi connectivity index (χ3v) is 1.99. The van der Waals surface area contributed by atoms with E-state index in [1.54, 1.807) is 0 Å². The molecule has 66 valence electrons. The number of nitrogens with zero attached hydrogens (tertiary/aromatic N) is 1. The number of aliphatic imine (C=N–C) groups is 1. The molecular formula is C10H21N. The van der Waals surface area contributed by atoms with Gasteiger partial charge in [0.1, 0.15) is 0 Å². The van der Waals surface area contributed by atoms with E-state index < -0.39 is 0 Å². The minimum Gasteiger partial charge on any atom is -0.298 e. The molecule has 0 aliphatic rings. The molecule has 11 heavy (non-hydrogen) atoms. The van der Waals surface area contributed by atoms with Crippen LogP contribution in [0.3, 0.4) is 0 Å². The molecule has 1 atom stereocenters. The van der Waals surface area contributed by atoms with Crippen LogP contribution in [0.1, 0.15) is 46.5 Å². The Morgan fingerprint density at radius 3 is 2.64 bits per heavy atom. The van der Waals surface area contributed by atoms with Gasteiger partial charge in [0.05, 0.1) is 0 Å². The largest absolute Gasteiger partial charge is 0.298 e. The second-order valence-electron chi connectivity index (χ2n) is 3.18. The van der Waals surface area contributed by atoms with Crippen LogP contribution in [-0.4, -0.2) is 12.8 Å². The number of hydrogen-bond donors (Lipinski definition) is 0. The molecule has 0 aliphatic carbocycles. The first-order valence-electron chi connectivity index (χ1n) is 4.79. The molecule has 0 bridgehead atoms. The van der Waals surface area contributed by atoms with Gasteiger partial charge in [-0.25, -0.2) is 0 Å². The van der Waals surface area contributed by atoms with Gasteiger partial charge in [-0.1, -0.05) is 33.6 Å². The molecule has 0 N–H and O–H groups in total. The Labute approximate surface area is 70.9 Å². The maximum absolute atomic E-state index is 4.32. The molecule has 0 unspecified atom stereocenters. The molecule has 0 radical (unpaired) electrons. The molecular weight excluding hydrogens is 134 g/mol. The van der Waals surface area contributed by atoms with Crippen molar-refractivity contribution in [1.82, 2.24) is 0 Å². The van der Waals surface area contributed by atoms with Gasteiger partial charge in [0.25, 0.3) is 0 Å². The lowest BCUT2D eigenvalue weighted by Gasteiger charge is -2.03. The molecule has 0 aliphatic heterocycles. The van der Waals surface area contributed by atoms with Crippen LogP contribution in [0.4, 0.5) is 0 Å². The van der Waals surface area contributed by atoms with Crippen molar-refractivity contribution in [3.05, 3.63) is 0 Å². The van der Waals surface area contributed by atoms with E-state index in [1.165, 1.54) is 19.3 Å². The quantitative estimate of drug-likeness (QED) is 0.522. The van der Waals surface area contributed by atoms with E-state index in [1.807, 2.05) is 0 Å². The number of hydrogen-bond acceptors (Lipinski definition) is 1. The van der Waals surface area contributed by atoms with Gasteiger partial charge >= 0.3 is 0 Å². The third kappa shape index (κ3) is 7.57. The standard InChI is InChI=1S/C10H21N/c1-4-6-8-11-9-7-10(3)5-2/h8,10H,4-7,9H2,1-3H3/t10-/m1/s1. The van der Waals surface area contributed by atoms with Crippen LogP contribution in [0.2, 0.25) is 0 Å². The summed E-state index contributed by atoms with van der Waals surface area (Å²) in [7, 11) is 0. The van der Waals surface area contributed by atoms with Crippen molar-refractivity contribution >= 4 is 6.21 Å². The van der Waals surface area contributed by atoms with Crippen molar-refractivity contribution in [3.63, 3.8) is 0 Å². The summed E-state index contributed by atoms with van der Waals surface area (Å²) in [6, 6.07) is 0. The van der Waals surface area contributed by atoms with E-state index in [-0.39, 0.29) is 0 Å². The van der Waals surface area contributed by atoms with Crippen molar-refractivity contribution in [2.75, 3.05) is 6.54 Å². The van der Waals surface area contributed by atoms with E-state index in [4.69, 9.17) is 0 Å². The maximum atomic E-state index is 4.32. The Morgan fingerprint density at radius 2 is 2.09 bits per heavy atom. The lowest BCUT2D eigenvalue weighted by atomic mass is 10.1. The molecule has 0 aromatic rings. The van der Waals surface area contributed by atoms with Crippen molar-refractivity contribution < 1.29 is 0 Å². The predicted octanol–water partition coefficient (Wildman–Crippen LogP) is 3.29. The minimum absolute atomic E-state index is 0.841. The lowest BCUT2D eigenvalue weighted by Crippen LogP contribution is -1.94. The molecule has 0 fully saturated rings. The first-order valence-corrected chi connectivity index (χ1v) is 4.79. The molecule has 0 rings (SSSR count). The topological polar surface area (TPSA) is 12.4 Å². The average Bonchev–Trinajstić information content (AvgIpc) is 2.04. The van der Waals surface area contributed by atoms with Gasteiger partial charge in [-0.15, -0.1) is 0 Å². The highest BCUT2D eigenvalue weighted by Crippen LogP contribution is 2.05. The van der Waals surface area contributed by atoms with Gasteiger partial charge in [0, 0.05) is 6.54 Å². The van der Waals surface area contributed by atoms with Crippen molar-refractivity contribution in [2.24, 2.45) is 10.9 Å². The summed E-state index contributed by atoms with van der Waals surface area (Å²) < 4.78 is 0. The van der Waals surface area contributed by atoms with Crippen LogP contribution in [-0.2, 0) is 0 Å². The molecule has 0 saturated carbocycles. The molecule has 0 aromatic carbocycles. The zero-order valence-corrected chi connectivity index (χ0v) is 8.14. The molecule has 1 nitrogen and oxygen atoms in total. The van der Waals surface area contributed by atoms with Gasteiger partial charge in [-0.05, 0) is 25.0 Å². The molecule has 0 saturated heterocycles. The second-order valence-corrected chi connectivity index (χ2v) is 3.18. The number of unbranched alkanes of at least 4 members (excludes halogenated alkanes) is 1. The second kappa shape index (κ2) is 7.77. The fraction of sp³-hybridized carbons (Fsp3) is 0.900. The highest BCUT2D eigenvalue weighted by atomic mass is 14.7. The number of rotatable bonds is 6. The summed E-state index contributed by atoms with van der Waals surface area (Å²) in [6.07, 6.45) is 6.94. The molecule has 0 aromatic heterocycles. The van der Waals surface area contributed by atoms with Gasteiger partial charge < -0.3 is 0 Å². The van der Waals surface area contributed by atoms with Crippen LogP contribution < -0.4 is 0 Å². The zero-order valence-electron chi connectivity index (χ0n) is 8.14. The van der Waals surface area contributed by atoms with Crippen LogP contribution >= 0.6 is 0 Å². The summed E-state index contributed by atoms with van der Waals surface area (Å²) in [6.45, 7) is 7.73. The zero-order chi connectivity index (χ0) is 8.53. The smallest absolute Gasteiger partial charge is 0.0387 e. The first-order chi connectivity index (χ1) is 5.31.